The lowest BCUT2D eigenvalue weighted by molar-refractivity contribution is -0.154. The third-order valence-corrected chi connectivity index (χ3v) is 3.24. The molecular formula is C12H16F3N7O2. The van der Waals surface area contributed by atoms with Crippen LogP contribution in [-0.2, 0) is 4.79 Å². The molecule has 0 bridgehead atoms. The zero-order valence-corrected chi connectivity index (χ0v) is 12.7. The number of aromatic nitrogens is 2. The summed E-state index contributed by atoms with van der Waals surface area (Å²) in [5, 5.41) is 5.98. The fraction of sp³-hybridized carbons (Fsp3) is 0.583. The minimum atomic E-state index is -4.54. The van der Waals surface area contributed by atoms with Crippen LogP contribution in [0.15, 0.2) is 5.11 Å². The fourth-order valence-electron chi connectivity index (χ4n) is 2.34. The van der Waals surface area contributed by atoms with Crippen molar-refractivity contribution < 1.29 is 22.7 Å². The van der Waals surface area contributed by atoms with Crippen LogP contribution in [0.3, 0.4) is 0 Å². The Morgan fingerprint density at radius 2 is 2.25 bits per heavy atom. The van der Waals surface area contributed by atoms with Crippen LogP contribution in [0.25, 0.3) is 0 Å². The van der Waals surface area contributed by atoms with Gasteiger partial charge in [-0.3, -0.25) is 4.79 Å². The molecule has 0 radical (unpaired) electrons. The highest BCUT2D eigenvalue weighted by atomic mass is 19.4. The van der Waals surface area contributed by atoms with E-state index in [1.54, 1.807) is 4.90 Å². The van der Waals surface area contributed by atoms with Crippen molar-refractivity contribution in [2.75, 3.05) is 30.3 Å². The highest BCUT2D eigenvalue weighted by Crippen LogP contribution is 2.35. The maximum atomic E-state index is 12.3. The largest absolute Gasteiger partial charge is 0.454 e. The molecule has 0 saturated carbocycles. The van der Waals surface area contributed by atoms with Crippen LogP contribution < -0.4 is 20.7 Å². The number of alkyl halides is 3. The molecule has 1 saturated heterocycles. The van der Waals surface area contributed by atoms with E-state index in [-0.39, 0.29) is 29.3 Å². The van der Waals surface area contributed by atoms with E-state index >= 15 is 0 Å². The van der Waals surface area contributed by atoms with E-state index in [4.69, 9.17) is 11.3 Å². The number of rotatable bonds is 5. The van der Waals surface area contributed by atoms with Crippen molar-refractivity contribution in [2.45, 2.75) is 25.6 Å². The van der Waals surface area contributed by atoms with E-state index in [9.17, 15) is 18.0 Å². The summed E-state index contributed by atoms with van der Waals surface area (Å²) in [5.74, 6) is -0.346. The molecule has 0 spiro atoms. The number of hydrogen-bond acceptors (Lipinski definition) is 8. The first kappa shape index (κ1) is 17.7. The second-order valence-electron chi connectivity index (χ2n) is 5.21. The number of ether oxygens (including phenoxy) is 1. The summed E-state index contributed by atoms with van der Waals surface area (Å²) in [6.45, 7) is 0.649. The molecule has 4 N–H and O–H groups in total. The normalized spacial score (nSPS) is 17.7. The fourth-order valence-corrected chi connectivity index (χ4v) is 2.34. The minimum Gasteiger partial charge on any atom is -0.454 e. The number of nitrogens with zero attached hydrogens (tertiary/aromatic N) is 4. The Balaban J connectivity index is 2.22. The third kappa shape index (κ3) is 4.43. The Morgan fingerprint density at radius 3 is 2.83 bits per heavy atom. The molecule has 132 valence electrons. The summed E-state index contributed by atoms with van der Waals surface area (Å²) in [4.78, 5) is 20.2. The van der Waals surface area contributed by atoms with Gasteiger partial charge in [0.25, 0.3) is 0 Å². The Hall–Kier alpha value is -2.66. The molecule has 1 aromatic rings. The molecule has 0 aliphatic carbocycles. The molecule has 1 aromatic heterocycles. The van der Waals surface area contributed by atoms with Gasteiger partial charge in [0.05, 0.1) is 0 Å². The summed E-state index contributed by atoms with van der Waals surface area (Å²) >= 11 is 0. The van der Waals surface area contributed by atoms with Gasteiger partial charge in [-0.15, -0.1) is 0 Å². The molecule has 2 rings (SSSR count). The van der Waals surface area contributed by atoms with Crippen molar-refractivity contribution >= 4 is 23.2 Å². The average molecular weight is 347 g/mol. The second kappa shape index (κ2) is 6.84. The van der Waals surface area contributed by atoms with Gasteiger partial charge in [-0.05, 0) is 6.42 Å². The molecule has 1 amide bonds. The monoisotopic (exact) mass is 347 g/mol. The van der Waals surface area contributed by atoms with Crippen molar-refractivity contribution in [1.29, 1.82) is 5.53 Å². The van der Waals surface area contributed by atoms with Crippen LogP contribution in [0.2, 0.25) is 0 Å². The van der Waals surface area contributed by atoms with E-state index in [1.165, 1.54) is 6.92 Å². The van der Waals surface area contributed by atoms with Gasteiger partial charge in [-0.1, -0.05) is 0 Å². The van der Waals surface area contributed by atoms with E-state index in [1.807, 2.05) is 0 Å². The number of nitrogen functional groups attached to an aromatic ring is 1. The molecule has 9 nitrogen and oxygen atoms in total. The molecule has 1 unspecified atom stereocenters. The number of hydrogen-bond donors (Lipinski definition) is 3. The molecule has 1 fully saturated rings. The summed E-state index contributed by atoms with van der Waals surface area (Å²) < 4.78 is 41.3. The standard InChI is InChI=1S/C12H16F3N7O2/c1-6(23)18-7-2-3-22(4-7)10-8(21-17)9(16)19-11(20-10)24-5-12(13,14)15/h7,17H,2-5H2,1H3,(H,18,23)(H2,16,19,20). The molecular weight excluding hydrogens is 331 g/mol. The number of carbonyl (C=O) groups is 1. The number of nitrogens with two attached hydrogens (primary N) is 1. The van der Waals surface area contributed by atoms with Crippen LogP contribution in [0.1, 0.15) is 13.3 Å². The van der Waals surface area contributed by atoms with Gasteiger partial charge in [-0.25, -0.2) is 5.53 Å². The van der Waals surface area contributed by atoms with Gasteiger partial charge in [0, 0.05) is 26.1 Å². The van der Waals surface area contributed by atoms with E-state index in [2.05, 4.69) is 25.1 Å². The van der Waals surface area contributed by atoms with E-state index in [0.29, 0.717) is 19.5 Å². The van der Waals surface area contributed by atoms with Gasteiger partial charge in [0.1, 0.15) is 0 Å². The maximum absolute atomic E-state index is 12.3. The molecule has 2 heterocycles. The van der Waals surface area contributed by atoms with Gasteiger partial charge >= 0.3 is 12.2 Å². The predicted molar refractivity (Wildman–Crippen MR) is 77.2 cm³/mol. The summed E-state index contributed by atoms with van der Waals surface area (Å²) in [5.41, 5.74) is 12.7. The number of nitrogens with one attached hydrogen (secondary N) is 2. The van der Waals surface area contributed by atoms with Gasteiger partial charge in [-0.2, -0.15) is 28.3 Å². The van der Waals surface area contributed by atoms with Gasteiger partial charge in [0.15, 0.2) is 23.9 Å². The maximum Gasteiger partial charge on any atom is 0.422 e. The number of carbonyl (C=O) groups excluding carboxylic acids is 1. The quantitative estimate of drug-likeness (QED) is 0.690. The second-order valence-corrected chi connectivity index (χ2v) is 5.21. The van der Waals surface area contributed by atoms with Crippen LogP contribution in [0, 0.1) is 5.53 Å². The van der Waals surface area contributed by atoms with Crippen LogP contribution in [0.5, 0.6) is 6.01 Å². The van der Waals surface area contributed by atoms with Crippen molar-refractivity contribution in [1.82, 2.24) is 15.3 Å². The lowest BCUT2D eigenvalue weighted by atomic mass is 10.2. The van der Waals surface area contributed by atoms with Crippen LogP contribution >= 0.6 is 0 Å². The average Bonchev–Trinajstić information content (AvgIpc) is 2.91. The van der Waals surface area contributed by atoms with Crippen molar-refractivity contribution in [3.05, 3.63) is 0 Å². The Labute approximate surface area is 134 Å². The molecule has 1 aliphatic heterocycles. The number of halogens is 3. The Kier molecular flexibility index (Phi) is 5.04. The lowest BCUT2D eigenvalue weighted by Gasteiger charge is -2.20. The topological polar surface area (TPSA) is 130 Å². The number of anilines is 2. The summed E-state index contributed by atoms with van der Waals surface area (Å²) in [7, 11) is 0. The molecule has 24 heavy (non-hydrogen) atoms. The third-order valence-electron chi connectivity index (χ3n) is 3.24. The Morgan fingerprint density at radius 1 is 1.54 bits per heavy atom. The molecule has 0 aromatic carbocycles. The number of amides is 1. The summed E-state index contributed by atoms with van der Waals surface area (Å²) in [6, 6.07) is -0.688. The van der Waals surface area contributed by atoms with Crippen molar-refractivity contribution in [3.8, 4) is 6.01 Å². The Bertz CT molecular complexity index is 638. The molecule has 1 atom stereocenters. The SMILES string of the molecule is CC(=O)NC1CCN(c2nc(OCC(F)(F)F)nc(N)c2N=N)C1. The first-order chi connectivity index (χ1) is 11.2. The highest BCUT2D eigenvalue weighted by Gasteiger charge is 2.31. The smallest absolute Gasteiger partial charge is 0.422 e. The van der Waals surface area contributed by atoms with E-state index < -0.39 is 18.8 Å². The zero-order chi connectivity index (χ0) is 17.9. The lowest BCUT2D eigenvalue weighted by Crippen LogP contribution is -2.35. The minimum absolute atomic E-state index is 0.0576. The van der Waals surface area contributed by atoms with Crippen molar-refractivity contribution in [3.63, 3.8) is 0 Å². The van der Waals surface area contributed by atoms with E-state index in [0.717, 1.165) is 0 Å². The summed E-state index contributed by atoms with van der Waals surface area (Å²) in [6.07, 6.45) is -3.93. The van der Waals surface area contributed by atoms with Gasteiger partial charge < -0.3 is 20.7 Å². The highest BCUT2D eigenvalue weighted by molar-refractivity contribution is 5.75. The van der Waals surface area contributed by atoms with Crippen LogP contribution in [-0.4, -0.2) is 47.8 Å². The van der Waals surface area contributed by atoms with Crippen molar-refractivity contribution in [2.24, 2.45) is 5.11 Å². The first-order valence-electron chi connectivity index (χ1n) is 6.96. The van der Waals surface area contributed by atoms with Gasteiger partial charge in [0.2, 0.25) is 5.91 Å². The molecule has 12 heteroatoms. The predicted octanol–water partition coefficient (Wildman–Crippen LogP) is 1.38. The van der Waals surface area contributed by atoms with Crippen LogP contribution in [0.4, 0.5) is 30.5 Å². The zero-order valence-electron chi connectivity index (χ0n) is 12.7. The molecule has 1 aliphatic rings. The first-order valence-corrected chi connectivity index (χ1v) is 6.96.